The molecular weight excluding hydrogens is 272 g/mol. The van der Waals surface area contributed by atoms with Crippen LogP contribution in [0, 0.1) is 6.92 Å². The maximum absolute atomic E-state index is 12.1. The van der Waals surface area contributed by atoms with E-state index in [1.165, 1.54) is 11.3 Å². The summed E-state index contributed by atoms with van der Waals surface area (Å²) in [6, 6.07) is 9.11. The predicted molar refractivity (Wildman–Crippen MR) is 78.4 cm³/mol. The van der Waals surface area contributed by atoms with E-state index in [1.807, 2.05) is 36.7 Å². The molecule has 3 aromatic rings. The second kappa shape index (κ2) is 5.26. The lowest BCUT2D eigenvalue weighted by Gasteiger charge is -2.04. The van der Waals surface area contributed by atoms with Gasteiger partial charge in [-0.05, 0) is 37.3 Å². The van der Waals surface area contributed by atoms with Gasteiger partial charge in [-0.15, -0.1) is 11.3 Å². The first-order valence-corrected chi connectivity index (χ1v) is 6.94. The zero-order chi connectivity index (χ0) is 13.9. The minimum absolute atomic E-state index is 0.161. The molecule has 0 aliphatic heterocycles. The molecule has 0 radical (unpaired) electrons. The first-order chi connectivity index (χ1) is 9.72. The number of nitrogens with zero attached hydrogens (tertiary/aromatic N) is 3. The van der Waals surface area contributed by atoms with Crippen LogP contribution in [0.4, 0.5) is 5.13 Å². The van der Waals surface area contributed by atoms with Crippen molar-refractivity contribution in [3.63, 3.8) is 0 Å². The molecule has 0 unspecified atom stereocenters. The van der Waals surface area contributed by atoms with Gasteiger partial charge in [0, 0.05) is 23.3 Å². The lowest BCUT2D eigenvalue weighted by Crippen LogP contribution is -2.11. The van der Waals surface area contributed by atoms with Gasteiger partial charge < -0.3 is 0 Å². The van der Waals surface area contributed by atoms with Crippen molar-refractivity contribution < 1.29 is 4.79 Å². The van der Waals surface area contributed by atoms with Crippen molar-refractivity contribution in [2.45, 2.75) is 6.92 Å². The van der Waals surface area contributed by atoms with E-state index in [4.69, 9.17) is 0 Å². The van der Waals surface area contributed by atoms with E-state index in [0.29, 0.717) is 10.7 Å². The topological polar surface area (TPSA) is 59.8 Å². The predicted octanol–water partition coefficient (Wildman–Crippen LogP) is 2.89. The fourth-order valence-corrected chi connectivity index (χ4v) is 2.45. The zero-order valence-corrected chi connectivity index (χ0v) is 11.6. The molecule has 0 spiro atoms. The number of carbonyl (C=O) groups excluding carboxylic acids is 1. The van der Waals surface area contributed by atoms with Crippen LogP contribution in [0.15, 0.2) is 48.1 Å². The van der Waals surface area contributed by atoms with Gasteiger partial charge in [0.25, 0.3) is 5.91 Å². The Morgan fingerprint density at radius 2 is 2.10 bits per heavy atom. The van der Waals surface area contributed by atoms with Crippen molar-refractivity contribution in [2.24, 2.45) is 0 Å². The molecule has 20 heavy (non-hydrogen) atoms. The van der Waals surface area contributed by atoms with Crippen molar-refractivity contribution in [2.75, 3.05) is 5.32 Å². The molecule has 2 heterocycles. The third-order valence-electron chi connectivity index (χ3n) is 2.74. The highest BCUT2D eigenvalue weighted by molar-refractivity contribution is 7.13. The summed E-state index contributed by atoms with van der Waals surface area (Å²) in [5.41, 5.74) is 2.41. The number of aromatic nitrogens is 3. The normalized spacial score (nSPS) is 10.4. The third kappa shape index (κ3) is 2.60. The number of hydrogen-bond donors (Lipinski definition) is 1. The minimum Gasteiger partial charge on any atom is -0.298 e. The Morgan fingerprint density at radius 3 is 2.70 bits per heavy atom. The molecule has 2 aromatic heterocycles. The maximum Gasteiger partial charge on any atom is 0.257 e. The molecule has 1 amide bonds. The summed E-state index contributed by atoms with van der Waals surface area (Å²) < 4.78 is 1.74. The number of benzene rings is 1. The number of rotatable bonds is 3. The second-order valence-electron chi connectivity index (χ2n) is 4.25. The molecule has 0 saturated heterocycles. The van der Waals surface area contributed by atoms with Crippen LogP contribution < -0.4 is 5.32 Å². The summed E-state index contributed by atoms with van der Waals surface area (Å²) in [6.45, 7) is 1.89. The summed E-state index contributed by atoms with van der Waals surface area (Å²) in [6.07, 6.45) is 3.57. The summed E-state index contributed by atoms with van der Waals surface area (Å²) >= 11 is 1.42. The second-order valence-corrected chi connectivity index (χ2v) is 5.10. The summed E-state index contributed by atoms with van der Waals surface area (Å²) in [5.74, 6) is -0.161. The van der Waals surface area contributed by atoms with Crippen molar-refractivity contribution in [1.82, 2.24) is 14.8 Å². The number of thiazole rings is 1. The van der Waals surface area contributed by atoms with Crippen molar-refractivity contribution in [3.05, 3.63) is 59.4 Å². The minimum atomic E-state index is -0.161. The summed E-state index contributed by atoms with van der Waals surface area (Å²) in [7, 11) is 0. The van der Waals surface area contributed by atoms with E-state index in [0.717, 1.165) is 11.4 Å². The van der Waals surface area contributed by atoms with Crippen LogP contribution in [0.3, 0.4) is 0 Å². The molecule has 1 N–H and O–H groups in total. The van der Waals surface area contributed by atoms with Gasteiger partial charge in [-0.1, -0.05) is 0 Å². The Morgan fingerprint density at radius 1 is 1.30 bits per heavy atom. The van der Waals surface area contributed by atoms with Gasteiger partial charge in [0.2, 0.25) is 0 Å². The fourth-order valence-electron chi connectivity index (χ4n) is 1.77. The first kappa shape index (κ1) is 12.6. The molecule has 0 saturated carbocycles. The molecule has 1 aromatic carbocycles. The molecule has 100 valence electrons. The van der Waals surface area contributed by atoms with Crippen molar-refractivity contribution >= 4 is 22.4 Å². The van der Waals surface area contributed by atoms with E-state index < -0.39 is 0 Å². The van der Waals surface area contributed by atoms with Crippen LogP contribution in [0.25, 0.3) is 5.69 Å². The van der Waals surface area contributed by atoms with Crippen LogP contribution in [0.2, 0.25) is 0 Å². The van der Waals surface area contributed by atoms with E-state index in [1.54, 1.807) is 23.0 Å². The summed E-state index contributed by atoms with van der Waals surface area (Å²) in [5, 5.41) is 9.43. The number of amides is 1. The molecule has 0 fully saturated rings. The quantitative estimate of drug-likeness (QED) is 0.804. The number of nitrogens with one attached hydrogen (secondary N) is 1. The highest BCUT2D eigenvalue weighted by Crippen LogP contribution is 2.16. The fraction of sp³-hybridized carbons (Fsp3) is 0.0714. The Balaban J connectivity index is 1.75. The Kier molecular flexibility index (Phi) is 3.30. The van der Waals surface area contributed by atoms with Crippen molar-refractivity contribution in [3.8, 4) is 5.69 Å². The van der Waals surface area contributed by atoms with Gasteiger partial charge in [0.15, 0.2) is 5.13 Å². The van der Waals surface area contributed by atoms with Crippen LogP contribution >= 0.6 is 11.3 Å². The molecule has 0 bridgehead atoms. The SMILES string of the molecule is Cc1csc(NC(=O)c2ccc(-n3cccn3)cc2)n1. The third-order valence-corrected chi connectivity index (χ3v) is 3.61. The zero-order valence-electron chi connectivity index (χ0n) is 10.8. The van der Waals surface area contributed by atoms with Crippen molar-refractivity contribution in [1.29, 1.82) is 0 Å². The number of aryl methyl sites for hydroxylation is 1. The molecule has 0 atom stereocenters. The van der Waals surface area contributed by atoms with E-state index in [2.05, 4.69) is 15.4 Å². The van der Waals surface area contributed by atoms with Crippen LogP contribution in [-0.2, 0) is 0 Å². The monoisotopic (exact) mass is 284 g/mol. The Bertz CT molecular complexity index is 716. The maximum atomic E-state index is 12.1. The van der Waals surface area contributed by atoms with Gasteiger partial charge in [-0.25, -0.2) is 9.67 Å². The van der Waals surface area contributed by atoms with Gasteiger partial charge in [0.1, 0.15) is 0 Å². The standard InChI is InChI=1S/C14H12N4OS/c1-10-9-20-14(16-10)17-13(19)11-3-5-12(6-4-11)18-8-2-7-15-18/h2-9H,1H3,(H,16,17,19). The van der Waals surface area contributed by atoms with Crippen LogP contribution in [0.1, 0.15) is 16.1 Å². The smallest absolute Gasteiger partial charge is 0.257 e. The molecule has 6 heteroatoms. The molecule has 0 aliphatic rings. The molecule has 5 nitrogen and oxygen atoms in total. The van der Waals surface area contributed by atoms with Gasteiger partial charge in [-0.2, -0.15) is 5.10 Å². The average Bonchev–Trinajstić information content (AvgIpc) is 3.11. The molecular formula is C14H12N4OS. The highest BCUT2D eigenvalue weighted by atomic mass is 32.1. The van der Waals surface area contributed by atoms with E-state index >= 15 is 0 Å². The Labute approximate surface area is 119 Å². The van der Waals surface area contributed by atoms with Gasteiger partial charge in [0.05, 0.1) is 11.4 Å². The first-order valence-electron chi connectivity index (χ1n) is 6.06. The lowest BCUT2D eigenvalue weighted by molar-refractivity contribution is 0.102. The van der Waals surface area contributed by atoms with E-state index in [-0.39, 0.29) is 5.91 Å². The van der Waals surface area contributed by atoms with Gasteiger partial charge >= 0.3 is 0 Å². The largest absolute Gasteiger partial charge is 0.298 e. The summed E-state index contributed by atoms with van der Waals surface area (Å²) in [4.78, 5) is 16.3. The van der Waals surface area contributed by atoms with Crippen LogP contribution in [-0.4, -0.2) is 20.7 Å². The number of carbonyl (C=O) groups is 1. The molecule has 3 rings (SSSR count). The highest BCUT2D eigenvalue weighted by Gasteiger charge is 2.08. The average molecular weight is 284 g/mol. The van der Waals surface area contributed by atoms with E-state index in [9.17, 15) is 4.79 Å². The lowest BCUT2D eigenvalue weighted by atomic mass is 10.2. The number of hydrogen-bond acceptors (Lipinski definition) is 4. The Hall–Kier alpha value is -2.47. The van der Waals surface area contributed by atoms with Crippen LogP contribution in [0.5, 0.6) is 0 Å². The van der Waals surface area contributed by atoms with Gasteiger partial charge in [-0.3, -0.25) is 10.1 Å². The molecule has 0 aliphatic carbocycles. The number of anilines is 1.